The maximum absolute atomic E-state index is 12.7. The molecule has 0 unspecified atom stereocenters. The van der Waals surface area contributed by atoms with Gasteiger partial charge in [0.25, 0.3) is 0 Å². The van der Waals surface area contributed by atoms with Crippen LogP contribution in [0.2, 0.25) is 0 Å². The third kappa shape index (κ3) is 4.38. The summed E-state index contributed by atoms with van der Waals surface area (Å²) in [6.07, 6.45) is 0.343. The number of nitrogens with two attached hydrogens (primary N) is 1. The molecule has 1 aromatic carbocycles. The lowest BCUT2D eigenvalue weighted by Crippen LogP contribution is -2.48. The summed E-state index contributed by atoms with van der Waals surface area (Å²) in [5, 5.41) is 0. The van der Waals surface area contributed by atoms with E-state index in [1.54, 1.807) is 0 Å². The molecule has 2 heterocycles. The maximum atomic E-state index is 12.7. The van der Waals surface area contributed by atoms with Crippen LogP contribution < -0.4 is 5.73 Å². The van der Waals surface area contributed by atoms with E-state index in [0.717, 1.165) is 49.7 Å². The molecular formula is C20H27N5O. The molecule has 0 radical (unpaired) electrons. The Hall–Kier alpha value is -2.47. The van der Waals surface area contributed by atoms with Crippen molar-refractivity contribution in [3.05, 3.63) is 52.3 Å². The second kappa shape index (κ2) is 7.83. The number of nitrogens with zero attached hydrogens (tertiary/aromatic N) is 4. The van der Waals surface area contributed by atoms with Crippen molar-refractivity contribution in [2.75, 3.05) is 31.9 Å². The molecule has 6 heteroatoms. The summed E-state index contributed by atoms with van der Waals surface area (Å²) in [5.74, 6) is 0.403. The quantitative estimate of drug-likeness (QED) is 0.908. The lowest BCUT2D eigenvalue weighted by molar-refractivity contribution is -0.132. The second-order valence-electron chi connectivity index (χ2n) is 7.05. The molecule has 26 heavy (non-hydrogen) atoms. The molecular weight excluding hydrogens is 326 g/mol. The SMILES string of the molecule is Cc1cccc(CN2CCN(C(=O)Cc3c(C)nc(N)nc3C)CC2)c1. The third-order valence-corrected chi connectivity index (χ3v) is 4.98. The Kier molecular flexibility index (Phi) is 5.52. The molecule has 1 saturated heterocycles. The Labute approximate surface area is 155 Å². The number of carbonyl (C=O) groups excluding carboxylic acids is 1. The minimum absolute atomic E-state index is 0.139. The van der Waals surface area contributed by atoms with Crippen molar-refractivity contribution in [3.63, 3.8) is 0 Å². The van der Waals surface area contributed by atoms with Gasteiger partial charge in [0.15, 0.2) is 0 Å². The molecule has 2 N–H and O–H groups in total. The Bertz CT molecular complexity index is 774. The molecule has 1 aliphatic rings. The zero-order valence-corrected chi connectivity index (χ0v) is 15.8. The van der Waals surface area contributed by atoms with Gasteiger partial charge in [0.05, 0.1) is 6.42 Å². The maximum Gasteiger partial charge on any atom is 0.227 e. The number of hydrogen-bond donors (Lipinski definition) is 1. The molecule has 1 aliphatic heterocycles. The number of rotatable bonds is 4. The van der Waals surface area contributed by atoms with Crippen LogP contribution in [0.1, 0.15) is 28.1 Å². The average molecular weight is 353 g/mol. The first kappa shape index (κ1) is 18.3. The molecule has 0 saturated carbocycles. The fourth-order valence-corrected chi connectivity index (χ4v) is 3.51. The van der Waals surface area contributed by atoms with Crippen LogP contribution in [0.15, 0.2) is 24.3 Å². The van der Waals surface area contributed by atoms with Crippen LogP contribution in [-0.2, 0) is 17.8 Å². The highest BCUT2D eigenvalue weighted by atomic mass is 16.2. The fourth-order valence-electron chi connectivity index (χ4n) is 3.51. The zero-order chi connectivity index (χ0) is 18.7. The van der Waals surface area contributed by atoms with Crippen LogP contribution in [0.5, 0.6) is 0 Å². The highest BCUT2D eigenvalue weighted by Crippen LogP contribution is 2.15. The van der Waals surface area contributed by atoms with E-state index >= 15 is 0 Å². The van der Waals surface area contributed by atoms with E-state index in [4.69, 9.17) is 5.73 Å². The summed E-state index contributed by atoms with van der Waals surface area (Å²) in [6, 6.07) is 8.61. The molecule has 0 aliphatic carbocycles. The van der Waals surface area contributed by atoms with Crippen LogP contribution in [0, 0.1) is 20.8 Å². The molecule has 138 valence electrons. The Morgan fingerprint density at radius 3 is 2.35 bits per heavy atom. The largest absolute Gasteiger partial charge is 0.368 e. The van der Waals surface area contributed by atoms with Gasteiger partial charge in [0.2, 0.25) is 11.9 Å². The molecule has 2 aromatic rings. The monoisotopic (exact) mass is 353 g/mol. The van der Waals surface area contributed by atoms with Gasteiger partial charge in [-0.1, -0.05) is 29.8 Å². The van der Waals surface area contributed by atoms with Crippen LogP contribution in [0.25, 0.3) is 0 Å². The number of hydrogen-bond acceptors (Lipinski definition) is 5. The van der Waals surface area contributed by atoms with Crippen LogP contribution in [0.4, 0.5) is 5.95 Å². The van der Waals surface area contributed by atoms with Gasteiger partial charge < -0.3 is 10.6 Å². The van der Waals surface area contributed by atoms with Gasteiger partial charge in [0, 0.05) is 49.7 Å². The smallest absolute Gasteiger partial charge is 0.227 e. The van der Waals surface area contributed by atoms with E-state index in [1.165, 1.54) is 11.1 Å². The molecule has 0 spiro atoms. The minimum atomic E-state index is 0.139. The van der Waals surface area contributed by atoms with Crippen molar-refractivity contribution in [1.29, 1.82) is 0 Å². The summed E-state index contributed by atoms with van der Waals surface area (Å²) in [5.41, 5.74) is 10.8. The normalized spacial score (nSPS) is 15.3. The molecule has 1 fully saturated rings. The predicted molar refractivity (Wildman–Crippen MR) is 103 cm³/mol. The number of amides is 1. The van der Waals surface area contributed by atoms with Crippen molar-refractivity contribution in [3.8, 4) is 0 Å². The summed E-state index contributed by atoms with van der Waals surface area (Å²) >= 11 is 0. The Balaban J connectivity index is 1.55. The topological polar surface area (TPSA) is 75.3 Å². The van der Waals surface area contributed by atoms with Crippen molar-refractivity contribution >= 4 is 11.9 Å². The number of piperazine rings is 1. The van der Waals surface area contributed by atoms with Crippen LogP contribution in [0.3, 0.4) is 0 Å². The summed E-state index contributed by atoms with van der Waals surface area (Å²) in [4.78, 5) is 25.4. The third-order valence-electron chi connectivity index (χ3n) is 4.98. The van der Waals surface area contributed by atoms with Gasteiger partial charge in [-0.2, -0.15) is 0 Å². The number of benzene rings is 1. The summed E-state index contributed by atoms with van der Waals surface area (Å²) in [7, 11) is 0. The summed E-state index contributed by atoms with van der Waals surface area (Å²) in [6.45, 7) is 10.1. The van der Waals surface area contributed by atoms with Crippen molar-refractivity contribution in [1.82, 2.24) is 19.8 Å². The molecule has 0 atom stereocenters. The fraction of sp³-hybridized carbons (Fsp3) is 0.450. The lowest BCUT2D eigenvalue weighted by atomic mass is 10.1. The van der Waals surface area contributed by atoms with Gasteiger partial charge >= 0.3 is 0 Å². The highest BCUT2D eigenvalue weighted by Gasteiger charge is 2.22. The molecule has 6 nitrogen and oxygen atoms in total. The van der Waals surface area contributed by atoms with E-state index in [9.17, 15) is 4.79 Å². The number of nitrogen functional groups attached to an aromatic ring is 1. The van der Waals surface area contributed by atoms with Crippen molar-refractivity contribution in [2.24, 2.45) is 0 Å². The van der Waals surface area contributed by atoms with Gasteiger partial charge in [-0.3, -0.25) is 9.69 Å². The van der Waals surface area contributed by atoms with Gasteiger partial charge in [0.1, 0.15) is 0 Å². The number of carbonyl (C=O) groups is 1. The highest BCUT2D eigenvalue weighted by molar-refractivity contribution is 5.79. The average Bonchev–Trinajstić information content (AvgIpc) is 2.58. The van der Waals surface area contributed by atoms with Gasteiger partial charge in [-0.05, 0) is 26.3 Å². The second-order valence-corrected chi connectivity index (χ2v) is 7.05. The Morgan fingerprint density at radius 2 is 1.73 bits per heavy atom. The number of aryl methyl sites for hydroxylation is 3. The molecule has 0 bridgehead atoms. The first-order chi connectivity index (χ1) is 12.4. The van der Waals surface area contributed by atoms with E-state index in [2.05, 4.69) is 46.1 Å². The zero-order valence-electron chi connectivity index (χ0n) is 15.8. The van der Waals surface area contributed by atoms with E-state index < -0.39 is 0 Å². The van der Waals surface area contributed by atoms with Crippen molar-refractivity contribution < 1.29 is 4.79 Å². The van der Waals surface area contributed by atoms with Gasteiger partial charge in [-0.15, -0.1) is 0 Å². The molecule has 1 aromatic heterocycles. The van der Waals surface area contributed by atoms with Gasteiger partial charge in [-0.25, -0.2) is 9.97 Å². The summed E-state index contributed by atoms with van der Waals surface area (Å²) < 4.78 is 0. The van der Waals surface area contributed by atoms with E-state index in [-0.39, 0.29) is 11.9 Å². The minimum Gasteiger partial charge on any atom is -0.368 e. The molecule has 1 amide bonds. The number of anilines is 1. The van der Waals surface area contributed by atoms with E-state index in [0.29, 0.717) is 6.42 Å². The first-order valence-corrected chi connectivity index (χ1v) is 9.07. The van der Waals surface area contributed by atoms with Crippen LogP contribution in [-0.4, -0.2) is 51.9 Å². The van der Waals surface area contributed by atoms with Crippen molar-refractivity contribution in [2.45, 2.75) is 33.7 Å². The predicted octanol–water partition coefficient (Wildman–Crippen LogP) is 1.87. The molecule has 3 rings (SSSR count). The van der Waals surface area contributed by atoms with Crippen LogP contribution >= 0.6 is 0 Å². The first-order valence-electron chi connectivity index (χ1n) is 9.07. The Morgan fingerprint density at radius 1 is 1.08 bits per heavy atom. The number of aromatic nitrogens is 2. The lowest BCUT2D eigenvalue weighted by Gasteiger charge is -2.35. The standard InChI is InChI=1S/C20H27N5O/c1-14-5-4-6-17(11-14)13-24-7-9-25(10-8-24)19(26)12-18-15(2)22-20(21)23-16(18)3/h4-6,11H,7-10,12-13H2,1-3H3,(H2,21,22,23). The van der Waals surface area contributed by atoms with E-state index in [1.807, 2.05) is 18.7 Å².